The lowest BCUT2D eigenvalue weighted by atomic mass is 10.3. The van der Waals surface area contributed by atoms with E-state index in [0.29, 0.717) is 0 Å². The van der Waals surface area contributed by atoms with E-state index in [1.165, 1.54) is 6.08 Å². The van der Waals surface area contributed by atoms with Crippen LogP contribution in [0.3, 0.4) is 0 Å². The van der Waals surface area contributed by atoms with Crippen LogP contribution in [0, 0.1) is 0 Å². The van der Waals surface area contributed by atoms with Gasteiger partial charge in [0.25, 0.3) is 0 Å². The van der Waals surface area contributed by atoms with E-state index in [4.69, 9.17) is 12.0 Å². The monoisotopic (exact) mass is 105 g/mol. The summed E-state index contributed by atoms with van der Waals surface area (Å²) in [5, 5.41) is 8.35. The van der Waals surface area contributed by atoms with Crippen LogP contribution >= 0.6 is 0 Å². The van der Waals surface area contributed by atoms with E-state index in [1.807, 2.05) is 0 Å². The van der Waals surface area contributed by atoms with Gasteiger partial charge in [-0.05, 0) is 12.8 Å². The van der Waals surface area contributed by atoms with Crippen molar-refractivity contribution in [1.29, 1.82) is 0 Å². The van der Waals surface area contributed by atoms with Crippen LogP contribution in [0.15, 0.2) is 12.2 Å². The number of hydrogen-bond donors (Lipinski definition) is 1. The molecule has 0 atom stereocenters. The molecule has 0 aromatic heterocycles. The van der Waals surface area contributed by atoms with Crippen molar-refractivity contribution in [3.8, 4) is 0 Å². The molecule has 0 bridgehead atoms. The SMILES string of the molecule is [2H]C([2H])([2H])C([2H])([2H])/C=C\CCO. The van der Waals surface area contributed by atoms with E-state index >= 15 is 0 Å². The van der Waals surface area contributed by atoms with Gasteiger partial charge in [0.1, 0.15) is 0 Å². The summed E-state index contributed by atoms with van der Waals surface area (Å²) in [4.78, 5) is 0. The summed E-state index contributed by atoms with van der Waals surface area (Å²) < 4.78 is 34.6. The maximum absolute atomic E-state index is 8.35. The molecule has 0 unspecified atom stereocenters. The Morgan fingerprint density at radius 3 is 3.29 bits per heavy atom. The molecule has 0 aliphatic heterocycles. The summed E-state index contributed by atoms with van der Waals surface area (Å²) in [5.41, 5.74) is 0. The highest BCUT2D eigenvalue weighted by molar-refractivity contribution is 4.79. The quantitative estimate of drug-likeness (QED) is 0.537. The highest BCUT2D eigenvalue weighted by Crippen LogP contribution is 1.82. The Labute approximate surface area is 51.7 Å². The van der Waals surface area contributed by atoms with E-state index in [9.17, 15) is 0 Å². The smallest absolute Gasteiger partial charge is 0.0465 e. The van der Waals surface area contributed by atoms with Gasteiger partial charge < -0.3 is 5.11 Å². The first-order chi connectivity index (χ1) is 5.31. The highest BCUT2D eigenvalue weighted by Gasteiger charge is 1.68. The van der Waals surface area contributed by atoms with Gasteiger partial charge in [-0.2, -0.15) is 0 Å². The zero-order chi connectivity index (χ0) is 9.83. The molecule has 0 spiro atoms. The maximum Gasteiger partial charge on any atom is 0.0465 e. The summed E-state index contributed by atoms with van der Waals surface area (Å²) in [6.45, 7) is -2.74. The topological polar surface area (TPSA) is 20.2 Å². The van der Waals surface area contributed by atoms with Gasteiger partial charge in [0.15, 0.2) is 0 Å². The van der Waals surface area contributed by atoms with Gasteiger partial charge in [-0.3, -0.25) is 0 Å². The van der Waals surface area contributed by atoms with Crippen LogP contribution < -0.4 is 0 Å². The van der Waals surface area contributed by atoms with Crippen molar-refractivity contribution in [1.82, 2.24) is 0 Å². The van der Waals surface area contributed by atoms with Crippen LogP contribution in [0.2, 0.25) is 0 Å². The van der Waals surface area contributed by atoms with E-state index in [-0.39, 0.29) is 13.0 Å². The summed E-state index contributed by atoms with van der Waals surface area (Å²) >= 11 is 0. The second kappa shape index (κ2) is 5.70. The van der Waals surface area contributed by atoms with Gasteiger partial charge in [-0.25, -0.2) is 0 Å². The normalized spacial score (nSPS) is 25.0. The zero-order valence-electron chi connectivity index (χ0n) is 9.02. The second-order valence-corrected chi connectivity index (χ2v) is 1.06. The van der Waals surface area contributed by atoms with Gasteiger partial charge in [0.05, 0.1) is 0 Å². The summed E-state index contributed by atoms with van der Waals surface area (Å²) in [5.74, 6) is 0. The van der Waals surface area contributed by atoms with E-state index in [1.54, 1.807) is 0 Å². The summed E-state index contributed by atoms with van der Waals surface area (Å²) in [6, 6.07) is 0. The van der Waals surface area contributed by atoms with Crippen LogP contribution in [-0.4, -0.2) is 11.7 Å². The fraction of sp³-hybridized carbons (Fsp3) is 0.667. The highest BCUT2D eigenvalue weighted by atomic mass is 16.2. The van der Waals surface area contributed by atoms with Crippen molar-refractivity contribution in [2.75, 3.05) is 6.61 Å². The molecule has 0 saturated carbocycles. The van der Waals surface area contributed by atoms with Crippen LogP contribution in [-0.2, 0) is 0 Å². The first-order valence-corrected chi connectivity index (χ1v) is 2.10. The molecule has 1 N–H and O–H groups in total. The number of allylic oxidation sites excluding steroid dienone is 1. The van der Waals surface area contributed by atoms with Gasteiger partial charge in [-0.1, -0.05) is 19.0 Å². The molecular weight excluding hydrogens is 88.1 g/mol. The predicted molar refractivity (Wildman–Crippen MR) is 31.1 cm³/mol. The molecule has 7 heavy (non-hydrogen) atoms. The van der Waals surface area contributed by atoms with Crippen molar-refractivity contribution in [2.24, 2.45) is 0 Å². The third kappa shape index (κ3) is 5.70. The van der Waals surface area contributed by atoms with E-state index in [2.05, 4.69) is 0 Å². The maximum atomic E-state index is 8.35. The molecule has 1 nitrogen and oxygen atoms in total. The van der Waals surface area contributed by atoms with E-state index in [0.717, 1.165) is 6.08 Å². The zero-order valence-corrected chi connectivity index (χ0v) is 4.02. The van der Waals surface area contributed by atoms with Crippen molar-refractivity contribution >= 4 is 0 Å². The van der Waals surface area contributed by atoms with Crippen LogP contribution in [0.5, 0.6) is 0 Å². The minimum Gasteiger partial charge on any atom is -0.396 e. The number of aliphatic hydroxyl groups excluding tert-OH is 1. The average Bonchev–Trinajstić information content (AvgIpc) is 1.85. The third-order valence-corrected chi connectivity index (χ3v) is 0.497. The van der Waals surface area contributed by atoms with Crippen molar-refractivity contribution in [3.05, 3.63) is 12.2 Å². The Morgan fingerprint density at radius 1 is 1.86 bits per heavy atom. The van der Waals surface area contributed by atoms with Crippen molar-refractivity contribution in [3.63, 3.8) is 0 Å². The minimum absolute atomic E-state index is 0.104. The molecular formula is C6H12O. The Bertz CT molecular complexity index is 160. The lowest BCUT2D eigenvalue weighted by Gasteiger charge is -1.79. The molecule has 1 heteroatoms. The molecule has 0 heterocycles. The molecule has 0 amide bonds. The largest absolute Gasteiger partial charge is 0.396 e. The standard InChI is InChI=1S/C6H12O/c1-2-3-4-5-6-7/h3-4,7H,2,5-6H2,1H3/b4-3-/i1D3,2D2. The predicted octanol–water partition coefficient (Wildman–Crippen LogP) is 1.33. The van der Waals surface area contributed by atoms with Crippen LogP contribution in [0.1, 0.15) is 26.5 Å². The Balaban J connectivity index is 4.22. The van der Waals surface area contributed by atoms with Crippen molar-refractivity contribution in [2.45, 2.75) is 19.6 Å². The van der Waals surface area contributed by atoms with Gasteiger partial charge >= 0.3 is 0 Å². The van der Waals surface area contributed by atoms with Crippen LogP contribution in [0.25, 0.3) is 0 Å². The molecule has 0 aliphatic carbocycles. The van der Waals surface area contributed by atoms with Gasteiger partial charge in [0, 0.05) is 13.5 Å². The Hall–Kier alpha value is -0.300. The van der Waals surface area contributed by atoms with Gasteiger partial charge in [0.2, 0.25) is 0 Å². The third-order valence-electron chi connectivity index (χ3n) is 0.497. The summed E-state index contributed by atoms with van der Waals surface area (Å²) in [7, 11) is 0. The van der Waals surface area contributed by atoms with Crippen LogP contribution in [0.4, 0.5) is 0 Å². The minimum atomic E-state index is -2.64. The number of aliphatic hydroxyl groups is 1. The molecule has 42 valence electrons. The molecule has 0 fully saturated rings. The molecule has 0 rings (SSSR count). The molecule has 0 aromatic carbocycles. The Morgan fingerprint density at radius 2 is 2.71 bits per heavy atom. The lowest BCUT2D eigenvalue weighted by Crippen LogP contribution is -1.73. The molecule has 0 radical (unpaired) electrons. The molecule has 0 saturated heterocycles. The second-order valence-electron chi connectivity index (χ2n) is 1.06. The molecule has 0 aromatic rings. The lowest BCUT2D eigenvalue weighted by molar-refractivity contribution is 0.302. The fourth-order valence-corrected chi connectivity index (χ4v) is 0.217. The van der Waals surface area contributed by atoms with Gasteiger partial charge in [-0.15, -0.1) is 0 Å². The fourth-order valence-electron chi connectivity index (χ4n) is 0.217. The molecule has 0 aliphatic rings. The first-order valence-electron chi connectivity index (χ1n) is 4.60. The average molecular weight is 105 g/mol. The van der Waals surface area contributed by atoms with Crippen molar-refractivity contribution < 1.29 is 12.0 Å². The number of rotatable bonds is 3. The number of hydrogen-bond acceptors (Lipinski definition) is 1. The van der Waals surface area contributed by atoms with E-state index < -0.39 is 13.2 Å². The Kier molecular flexibility index (Phi) is 1.55. The first kappa shape index (κ1) is 1.90. The summed E-state index contributed by atoms with van der Waals surface area (Å²) in [6.07, 6.45) is 0.264.